The van der Waals surface area contributed by atoms with Crippen LogP contribution in [0.1, 0.15) is 26.0 Å². The molecule has 6 heteroatoms. The molecule has 2 heterocycles. The Labute approximate surface area is 128 Å². The quantitative estimate of drug-likeness (QED) is 0.846. The summed E-state index contributed by atoms with van der Waals surface area (Å²) in [7, 11) is 0. The van der Waals surface area contributed by atoms with Crippen molar-refractivity contribution in [2.24, 2.45) is 0 Å². The Morgan fingerprint density at radius 3 is 2.68 bits per heavy atom. The van der Waals surface area contributed by atoms with Gasteiger partial charge in [0.1, 0.15) is 0 Å². The van der Waals surface area contributed by atoms with E-state index in [0.717, 1.165) is 6.42 Å². The molecule has 0 aliphatic rings. The third kappa shape index (κ3) is 3.78. The molecule has 0 aromatic carbocycles. The molecule has 0 aliphatic heterocycles. The van der Waals surface area contributed by atoms with Crippen molar-refractivity contribution in [3.05, 3.63) is 56.9 Å². The highest BCUT2D eigenvalue weighted by Crippen LogP contribution is 2.06. The zero-order chi connectivity index (χ0) is 15.9. The van der Waals surface area contributed by atoms with Gasteiger partial charge in [0.25, 0.3) is 5.56 Å². The third-order valence-electron chi connectivity index (χ3n) is 3.02. The second-order valence-corrected chi connectivity index (χ2v) is 4.77. The first-order valence-electron chi connectivity index (χ1n) is 7.32. The van der Waals surface area contributed by atoms with Crippen molar-refractivity contribution in [2.45, 2.75) is 26.8 Å². The maximum atomic E-state index is 12.2. The molecule has 2 aromatic heterocycles. The first kappa shape index (κ1) is 15.9. The predicted octanol–water partition coefficient (Wildman–Crippen LogP) is 1.77. The number of pyridine rings is 2. The van der Waals surface area contributed by atoms with Gasteiger partial charge in [-0.15, -0.1) is 0 Å². The number of rotatable bonds is 7. The Balaban J connectivity index is 2.21. The molecule has 0 atom stereocenters. The molecular formula is C16H20N2O4. The van der Waals surface area contributed by atoms with Crippen LogP contribution in [0.3, 0.4) is 0 Å². The molecule has 0 spiro atoms. The number of aromatic amines is 1. The topological polar surface area (TPSA) is 73.3 Å². The zero-order valence-corrected chi connectivity index (χ0v) is 12.8. The second kappa shape index (κ2) is 7.49. The van der Waals surface area contributed by atoms with Gasteiger partial charge in [-0.05, 0) is 25.5 Å². The Kier molecular flexibility index (Phi) is 5.41. The molecular weight excluding hydrogens is 284 g/mol. The Hall–Kier alpha value is -2.50. The molecule has 2 aromatic rings. The summed E-state index contributed by atoms with van der Waals surface area (Å²) in [4.78, 5) is 27.1. The first-order chi connectivity index (χ1) is 10.7. The SMILES string of the molecule is CCCOc1c[nH]c(Cn2cccc(OCC)c2=O)cc1=O. The maximum Gasteiger partial charge on any atom is 0.293 e. The van der Waals surface area contributed by atoms with Crippen LogP contribution >= 0.6 is 0 Å². The minimum absolute atomic E-state index is 0.198. The van der Waals surface area contributed by atoms with Crippen molar-refractivity contribution in [1.82, 2.24) is 9.55 Å². The summed E-state index contributed by atoms with van der Waals surface area (Å²) in [6.07, 6.45) is 4.02. The summed E-state index contributed by atoms with van der Waals surface area (Å²) in [5.41, 5.74) is 0.206. The minimum atomic E-state index is -0.225. The fraction of sp³-hybridized carbons (Fsp3) is 0.375. The van der Waals surface area contributed by atoms with E-state index < -0.39 is 0 Å². The van der Waals surface area contributed by atoms with E-state index in [4.69, 9.17) is 9.47 Å². The van der Waals surface area contributed by atoms with Gasteiger partial charge >= 0.3 is 0 Å². The van der Waals surface area contributed by atoms with Crippen molar-refractivity contribution >= 4 is 0 Å². The van der Waals surface area contributed by atoms with Crippen LogP contribution in [0.5, 0.6) is 11.5 Å². The number of H-pyrrole nitrogens is 1. The molecule has 2 rings (SSSR count). The van der Waals surface area contributed by atoms with Crippen LogP contribution in [0, 0.1) is 0 Å². The molecule has 6 nitrogen and oxygen atoms in total. The third-order valence-corrected chi connectivity index (χ3v) is 3.02. The van der Waals surface area contributed by atoms with Gasteiger partial charge in [-0.1, -0.05) is 6.92 Å². The van der Waals surface area contributed by atoms with Gasteiger partial charge in [0.2, 0.25) is 5.43 Å². The van der Waals surface area contributed by atoms with Crippen LogP contribution in [0.15, 0.2) is 40.2 Å². The average Bonchev–Trinajstić information content (AvgIpc) is 2.51. The Bertz CT molecular complexity index is 733. The molecule has 0 amide bonds. The van der Waals surface area contributed by atoms with Crippen molar-refractivity contribution in [2.75, 3.05) is 13.2 Å². The molecule has 22 heavy (non-hydrogen) atoms. The Morgan fingerprint density at radius 1 is 1.18 bits per heavy atom. The highest BCUT2D eigenvalue weighted by molar-refractivity contribution is 5.22. The van der Waals surface area contributed by atoms with E-state index in [1.165, 1.54) is 16.8 Å². The van der Waals surface area contributed by atoms with Crippen molar-refractivity contribution in [1.29, 1.82) is 0 Å². The van der Waals surface area contributed by atoms with Crippen LogP contribution in [-0.4, -0.2) is 22.8 Å². The smallest absolute Gasteiger partial charge is 0.293 e. The van der Waals surface area contributed by atoms with E-state index in [1.54, 1.807) is 18.3 Å². The van der Waals surface area contributed by atoms with Crippen LogP contribution in [0.25, 0.3) is 0 Å². The molecule has 1 N–H and O–H groups in total. The van der Waals surface area contributed by atoms with Crippen LogP contribution < -0.4 is 20.5 Å². The summed E-state index contributed by atoms with van der Waals surface area (Å²) < 4.78 is 12.1. The van der Waals surface area contributed by atoms with E-state index >= 15 is 0 Å². The van der Waals surface area contributed by atoms with Crippen LogP contribution in [0.4, 0.5) is 0 Å². The summed E-state index contributed by atoms with van der Waals surface area (Å²) in [5.74, 6) is 0.594. The lowest BCUT2D eigenvalue weighted by Crippen LogP contribution is -2.23. The van der Waals surface area contributed by atoms with Crippen molar-refractivity contribution in [3.8, 4) is 11.5 Å². The lowest BCUT2D eigenvalue weighted by Gasteiger charge is -2.09. The van der Waals surface area contributed by atoms with E-state index in [9.17, 15) is 9.59 Å². The summed E-state index contributed by atoms with van der Waals surface area (Å²) in [5, 5.41) is 0. The standard InChI is InChI=1S/C16H20N2O4/c1-3-8-22-15-10-17-12(9-13(15)19)11-18-7-5-6-14(16(18)20)21-4-2/h5-7,9-10H,3-4,8,11H2,1-2H3,(H,17,19). The van der Waals surface area contributed by atoms with Gasteiger partial charge in [-0.3, -0.25) is 9.59 Å². The number of nitrogens with one attached hydrogen (secondary N) is 1. The van der Waals surface area contributed by atoms with Gasteiger partial charge in [-0.25, -0.2) is 0 Å². The van der Waals surface area contributed by atoms with Gasteiger partial charge < -0.3 is 19.0 Å². The average molecular weight is 304 g/mol. The summed E-state index contributed by atoms with van der Waals surface area (Å²) >= 11 is 0. The van der Waals surface area contributed by atoms with E-state index in [2.05, 4.69) is 4.98 Å². The number of aromatic nitrogens is 2. The highest BCUT2D eigenvalue weighted by atomic mass is 16.5. The summed E-state index contributed by atoms with van der Waals surface area (Å²) in [6.45, 7) is 4.99. The maximum absolute atomic E-state index is 12.2. The molecule has 0 aliphatic carbocycles. The lowest BCUT2D eigenvalue weighted by molar-refractivity contribution is 0.313. The highest BCUT2D eigenvalue weighted by Gasteiger charge is 2.06. The number of hydrogen-bond donors (Lipinski definition) is 1. The zero-order valence-electron chi connectivity index (χ0n) is 12.8. The number of hydrogen-bond acceptors (Lipinski definition) is 4. The van der Waals surface area contributed by atoms with Gasteiger partial charge in [0.15, 0.2) is 11.5 Å². The fourth-order valence-electron chi connectivity index (χ4n) is 2.00. The largest absolute Gasteiger partial charge is 0.488 e. The number of ether oxygens (including phenoxy) is 2. The monoisotopic (exact) mass is 304 g/mol. The van der Waals surface area contributed by atoms with Gasteiger partial charge in [0.05, 0.1) is 19.8 Å². The minimum Gasteiger partial charge on any atom is -0.488 e. The van der Waals surface area contributed by atoms with Gasteiger partial charge in [-0.2, -0.15) is 0 Å². The second-order valence-electron chi connectivity index (χ2n) is 4.77. The number of nitrogens with zero attached hydrogens (tertiary/aromatic N) is 1. The molecule has 0 fully saturated rings. The van der Waals surface area contributed by atoms with E-state index in [-0.39, 0.29) is 17.5 Å². The molecule has 0 radical (unpaired) electrons. The molecule has 0 saturated heterocycles. The molecule has 118 valence electrons. The van der Waals surface area contributed by atoms with Crippen LogP contribution in [-0.2, 0) is 6.54 Å². The van der Waals surface area contributed by atoms with Crippen molar-refractivity contribution < 1.29 is 9.47 Å². The Morgan fingerprint density at radius 2 is 2.00 bits per heavy atom. The van der Waals surface area contributed by atoms with Gasteiger partial charge in [0, 0.05) is 24.2 Å². The predicted molar refractivity (Wildman–Crippen MR) is 83.8 cm³/mol. The normalized spacial score (nSPS) is 10.5. The summed E-state index contributed by atoms with van der Waals surface area (Å²) in [6, 6.07) is 4.82. The molecule has 0 saturated carbocycles. The first-order valence-corrected chi connectivity index (χ1v) is 7.32. The molecule has 0 unspecified atom stereocenters. The van der Waals surface area contributed by atoms with E-state index in [1.807, 2.05) is 13.8 Å². The van der Waals surface area contributed by atoms with E-state index in [0.29, 0.717) is 30.4 Å². The lowest BCUT2D eigenvalue weighted by atomic mass is 10.3. The fourth-order valence-corrected chi connectivity index (χ4v) is 2.00. The van der Waals surface area contributed by atoms with Crippen molar-refractivity contribution in [3.63, 3.8) is 0 Å². The van der Waals surface area contributed by atoms with Crippen LogP contribution in [0.2, 0.25) is 0 Å². The molecule has 0 bridgehead atoms.